The van der Waals surface area contributed by atoms with Crippen molar-refractivity contribution in [2.75, 3.05) is 23.9 Å². The molecule has 0 spiro atoms. The van der Waals surface area contributed by atoms with Crippen LogP contribution in [0.25, 0.3) is 11.0 Å². The Morgan fingerprint density at radius 3 is 3.06 bits per heavy atom. The Balaban J connectivity index is 1.99. The van der Waals surface area contributed by atoms with Crippen LogP contribution in [0.4, 0.5) is 5.82 Å². The highest BCUT2D eigenvalue weighted by atomic mass is 32.2. The molecule has 6 heteroatoms. The third-order valence-corrected chi connectivity index (χ3v) is 3.29. The Kier molecular flexibility index (Phi) is 4.19. The first-order chi connectivity index (χ1) is 8.33. The fourth-order valence-corrected chi connectivity index (χ4v) is 2.17. The van der Waals surface area contributed by atoms with E-state index in [-0.39, 0.29) is 0 Å². The molecular formula is C11H17N5S. The molecule has 0 fully saturated rings. The average molecular weight is 251 g/mol. The summed E-state index contributed by atoms with van der Waals surface area (Å²) >= 11 is 1.89. The summed E-state index contributed by atoms with van der Waals surface area (Å²) in [5, 5.41) is 8.52. The van der Waals surface area contributed by atoms with E-state index in [1.165, 1.54) is 12.2 Å². The number of nitrogens with one attached hydrogen (secondary N) is 1. The number of unbranched alkanes of at least 4 members (excludes halogenated alkanes) is 1. The molecule has 0 bridgehead atoms. The predicted molar refractivity (Wildman–Crippen MR) is 72.4 cm³/mol. The van der Waals surface area contributed by atoms with E-state index in [0.717, 1.165) is 29.8 Å². The Morgan fingerprint density at radius 2 is 2.24 bits per heavy atom. The molecule has 17 heavy (non-hydrogen) atoms. The molecule has 2 aromatic rings. The zero-order chi connectivity index (χ0) is 12.1. The van der Waals surface area contributed by atoms with Gasteiger partial charge in [-0.2, -0.15) is 16.9 Å². The van der Waals surface area contributed by atoms with E-state index < -0.39 is 0 Å². The predicted octanol–water partition coefficient (Wildman–Crippen LogP) is 1.92. The molecule has 5 nitrogen and oxygen atoms in total. The van der Waals surface area contributed by atoms with Gasteiger partial charge >= 0.3 is 0 Å². The quantitative estimate of drug-likeness (QED) is 0.795. The van der Waals surface area contributed by atoms with E-state index >= 15 is 0 Å². The lowest BCUT2D eigenvalue weighted by molar-refractivity contribution is 0.785. The summed E-state index contributed by atoms with van der Waals surface area (Å²) in [6, 6.07) is 0. The van der Waals surface area contributed by atoms with Crippen LogP contribution in [0, 0.1) is 0 Å². The van der Waals surface area contributed by atoms with Crippen LogP contribution < -0.4 is 5.32 Å². The van der Waals surface area contributed by atoms with Crippen molar-refractivity contribution in [3.63, 3.8) is 0 Å². The topological polar surface area (TPSA) is 55.6 Å². The van der Waals surface area contributed by atoms with Crippen LogP contribution in [0.5, 0.6) is 0 Å². The molecule has 0 amide bonds. The van der Waals surface area contributed by atoms with Crippen molar-refractivity contribution in [2.45, 2.75) is 12.8 Å². The summed E-state index contributed by atoms with van der Waals surface area (Å²) in [4.78, 5) is 8.46. The number of rotatable bonds is 6. The summed E-state index contributed by atoms with van der Waals surface area (Å²) in [7, 11) is 1.89. The van der Waals surface area contributed by atoms with Crippen LogP contribution in [0.15, 0.2) is 12.5 Å². The van der Waals surface area contributed by atoms with Crippen LogP contribution in [0.2, 0.25) is 0 Å². The Labute approximate surface area is 105 Å². The lowest BCUT2D eigenvalue weighted by Crippen LogP contribution is -2.04. The summed E-state index contributed by atoms with van der Waals surface area (Å²) in [6.45, 7) is 0.946. The summed E-state index contributed by atoms with van der Waals surface area (Å²) in [5.41, 5.74) is 0.867. The van der Waals surface area contributed by atoms with Gasteiger partial charge in [-0.3, -0.25) is 4.68 Å². The van der Waals surface area contributed by atoms with Crippen molar-refractivity contribution in [3.8, 4) is 0 Å². The number of hydrogen-bond acceptors (Lipinski definition) is 5. The molecule has 0 saturated heterocycles. The molecule has 0 aliphatic carbocycles. The molecule has 2 heterocycles. The number of nitrogens with zero attached hydrogens (tertiary/aromatic N) is 4. The lowest BCUT2D eigenvalue weighted by Gasteiger charge is -2.05. The highest BCUT2D eigenvalue weighted by Crippen LogP contribution is 2.17. The van der Waals surface area contributed by atoms with Crippen molar-refractivity contribution >= 4 is 28.6 Å². The van der Waals surface area contributed by atoms with Crippen molar-refractivity contribution in [2.24, 2.45) is 7.05 Å². The molecule has 0 aromatic carbocycles. The number of aromatic nitrogens is 4. The van der Waals surface area contributed by atoms with Gasteiger partial charge in [0.2, 0.25) is 0 Å². The first-order valence-corrected chi connectivity index (χ1v) is 7.08. The van der Waals surface area contributed by atoms with Gasteiger partial charge in [0.25, 0.3) is 0 Å². The van der Waals surface area contributed by atoms with Gasteiger partial charge in [-0.15, -0.1) is 0 Å². The van der Waals surface area contributed by atoms with Crippen LogP contribution in [0.3, 0.4) is 0 Å². The van der Waals surface area contributed by atoms with Gasteiger partial charge in [-0.05, 0) is 24.9 Å². The summed E-state index contributed by atoms with van der Waals surface area (Å²) in [6.07, 6.45) is 7.91. The maximum Gasteiger partial charge on any atom is 0.163 e. The van der Waals surface area contributed by atoms with Crippen molar-refractivity contribution < 1.29 is 0 Å². The van der Waals surface area contributed by atoms with Crippen LogP contribution in [-0.2, 0) is 7.05 Å². The van der Waals surface area contributed by atoms with Crippen molar-refractivity contribution in [3.05, 3.63) is 12.5 Å². The molecule has 0 aliphatic heterocycles. The molecule has 0 radical (unpaired) electrons. The molecule has 2 rings (SSSR count). The van der Waals surface area contributed by atoms with E-state index in [1.54, 1.807) is 17.2 Å². The molecule has 0 unspecified atom stereocenters. The largest absolute Gasteiger partial charge is 0.369 e. The third kappa shape index (κ3) is 2.88. The molecule has 0 saturated carbocycles. The monoisotopic (exact) mass is 251 g/mol. The van der Waals surface area contributed by atoms with Gasteiger partial charge < -0.3 is 5.32 Å². The number of anilines is 1. The van der Waals surface area contributed by atoms with E-state index in [9.17, 15) is 0 Å². The number of thioether (sulfide) groups is 1. The highest BCUT2D eigenvalue weighted by Gasteiger charge is 2.06. The number of fused-ring (bicyclic) bond motifs is 1. The van der Waals surface area contributed by atoms with Crippen LogP contribution >= 0.6 is 11.8 Å². The Bertz CT molecular complexity index is 482. The lowest BCUT2D eigenvalue weighted by atomic mass is 10.3. The van der Waals surface area contributed by atoms with Gasteiger partial charge in [0.05, 0.1) is 11.6 Å². The van der Waals surface area contributed by atoms with Gasteiger partial charge in [0.1, 0.15) is 12.1 Å². The fraction of sp³-hybridized carbons (Fsp3) is 0.545. The first kappa shape index (κ1) is 12.2. The molecular weight excluding hydrogens is 234 g/mol. The average Bonchev–Trinajstić information content (AvgIpc) is 2.72. The second kappa shape index (κ2) is 5.86. The van der Waals surface area contributed by atoms with E-state index in [1.807, 2.05) is 18.8 Å². The minimum Gasteiger partial charge on any atom is -0.369 e. The molecule has 0 aliphatic rings. The minimum atomic E-state index is 0.867. The van der Waals surface area contributed by atoms with Crippen molar-refractivity contribution in [1.82, 2.24) is 19.7 Å². The maximum absolute atomic E-state index is 4.26. The summed E-state index contributed by atoms with van der Waals surface area (Å²) < 4.78 is 1.76. The normalized spacial score (nSPS) is 10.9. The maximum atomic E-state index is 4.26. The van der Waals surface area contributed by atoms with E-state index in [4.69, 9.17) is 0 Å². The number of aryl methyl sites for hydroxylation is 1. The second-order valence-corrected chi connectivity index (χ2v) is 4.84. The molecule has 1 N–H and O–H groups in total. The van der Waals surface area contributed by atoms with Crippen LogP contribution in [-0.4, -0.2) is 38.3 Å². The van der Waals surface area contributed by atoms with E-state index in [2.05, 4.69) is 26.6 Å². The highest BCUT2D eigenvalue weighted by molar-refractivity contribution is 7.98. The van der Waals surface area contributed by atoms with Gasteiger partial charge in [0.15, 0.2) is 5.65 Å². The van der Waals surface area contributed by atoms with E-state index in [0.29, 0.717) is 0 Å². The third-order valence-electron chi connectivity index (χ3n) is 2.60. The Morgan fingerprint density at radius 1 is 1.35 bits per heavy atom. The zero-order valence-electron chi connectivity index (χ0n) is 10.2. The molecule has 92 valence electrons. The first-order valence-electron chi connectivity index (χ1n) is 5.68. The second-order valence-electron chi connectivity index (χ2n) is 3.85. The molecule has 0 atom stereocenters. The molecule has 2 aromatic heterocycles. The number of hydrogen-bond donors (Lipinski definition) is 1. The zero-order valence-corrected chi connectivity index (χ0v) is 11.0. The van der Waals surface area contributed by atoms with Gasteiger partial charge in [-0.1, -0.05) is 0 Å². The van der Waals surface area contributed by atoms with Gasteiger partial charge in [0, 0.05) is 13.6 Å². The standard InChI is InChI=1S/C11H17N5S/c1-16-11-9(7-15-16)10(13-8-14-11)12-5-3-4-6-17-2/h7-8H,3-6H2,1-2H3,(H,12,13,14). The van der Waals surface area contributed by atoms with Gasteiger partial charge in [-0.25, -0.2) is 9.97 Å². The smallest absolute Gasteiger partial charge is 0.163 e. The SMILES string of the molecule is CSCCCCNc1ncnc2c1cnn2C. The summed E-state index contributed by atoms with van der Waals surface area (Å²) in [5.74, 6) is 2.10. The Hall–Kier alpha value is -1.30. The van der Waals surface area contributed by atoms with Crippen LogP contribution in [0.1, 0.15) is 12.8 Å². The van der Waals surface area contributed by atoms with Crippen molar-refractivity contribution in [1.29, 1.82) is 0 Å². The fourth-order valence-electron chi connectivity index (χ4n) is 1.68. The minimum absolute atomic E-state index is 0.867.